The monoisotopic (exact) mass is 671 g/mol. The van der Waals surface area contributed by atoms with Gasteiger partial charge in [-0.2, -0.15) is 5.10 Å². The van der Waals surface area contributed by atoms with Crippen molar-refractivity contribution in [3.05, 3.63) is 84.4 Å². The Balaban J connectivity index is 1.05. The van der Waals surface area contributed by atoms with Crippen molar-refractivity contribution in [3.63, 3.8) is 0 Å². The van der Waals surface area contributed by atoms with Crippen LogP contribution >= 0.6 is 0 Å². The number of hydrogen-bond donors (Lipinski definition) is 3. The largest absolute Gasteiger partial charge is 0.494 e. The Labute approximate surface area is 288 Å². The predicted molar refractivity (Wildman–Crippen MR) is 189 cm³/mol. The van der Waals surface area contributed by atoms with Crippen molar-refractivity contribution in [1.29, 1.82) is 0 Å². The summed E-state index contributed by atoms with van der Waals surface area (Å²) < 4.78 is 21.4. The average Bonchev–Trinajstić information content (AvgIpc) is 3.64. The van der Waals surface area contributed by atoms with Gasteiger partial charge in [0.2, 0.25) is 0 Å². The van der Waals surface area contributed by atoms with E-state index < -0.39 is 0 Å². The number of H-pyrrole nitrogens is 1. The summed E-state index contributed by atoms with van der Waals surface area (Å²) in [5.74, 6) is 2.05. The first kappa shape index (κ1) is 35.8. The molecule has 1 fully saturated rings. The third-order valence-electron chi connectivity index (χ3n) is 8.59. The highest BCUT2D eigenvalue weighted by atomic mass is 16.6. The van der Waals surface area contributed by atoms with Gasteiger partial charge in [0.25, 0.3) is 0 Å². The lowest BCUT2D eigenvalue weighted by molar-refractivity contribution is -0.146. The molecule has 262 valence electrons. The molecule has 0 spiro atoms. The van der Waals surface area contributed by atoms with Gasteiger partial charge < -0.3 is 34.5 Å². The van der Waals surface area contributed by atoms with Crippen LogP contribution in [0.5, 0.6) is 5.75 Å². The molecule has 1 aliphatic heterocycles. The molecule has 3 heterocycles. The van der Waals surface area contributed by atoms with Crippen LogP contribution in [-0.2, 0) is 31.1 Å². The Hall–Kier alpha value is -4.52. The summed E-state index contributed by atoms with van der Waals surface area (Å²) in [7, 11) is 3.51. The minimum atomic E-state index is -0.362. The summed E-state index contributed by atoms with van der Waals surface area (Å²) in [6.45, 7) is 5.07. The number of nitrogens with one attached hydrogen (secondary N) is 3. The number of likely N-dealkylation sites (tertiary alicyclic amines) is 1. The third-order valence-corrected chi connectivity index (χ3v) is 8.59. The fourth-order valence-corrected chi connectivity index (χ4v) is 5.71. The van der Waals surface area contributed by atoms with E-state index in [9.17, 15) is 4.79 Å². The van der Waals surface area contributed by atoms with Gasteiger partial charge in [-0.1, -0.05) is 18.2 Å². The topological polar surface area (TPSA) is 136 Å². The highest BCUT2D eigenvalue weighted by molar-refractivity contribution is 5.70. The quantitative estimate of drug-likeness (QED) is 0.0794. The van der Waals surface area contributed by atoms with Gasteiger partial charge in [0.15, 0.2) is 11.6 Å². The number of carbonyl (C=O) groups excluding carboxylic acids is 1. The second-order valence-electron chi connectivity index (χ2n) is 12.3. The first-order chi connectivity index (χ1) is 24.0. The van der Waals surface area contributed by atoms with Gasteiger partial charge in [-0.3, -0.25) is 10.1 Å². The number of carbonyl (C=O) groups is 1. The van der Waals surface area contributed by atoms with Crippen molar-refractivity contribution in [1.82, 2.24) is 25.1 Å². The molecule has 2 aromatic heterocycles. The highest BCUT2D eigenvalue weighted by Crippen LogP contribution is 2.36. The zero-order valence-corrected chi connectivity index (χ0v) is 28.7. The van der Waals surface area contributed by atoms with E-state index in [1.807, 2.05) is 24.3 Å². The van der Waals surface area contributed by atoms with E-state index in [2.05, 4.69) is 78.9 Å². The molecule has 0 atom stereocenters. The molecule has 5 rings (SSSR count). The van der Waals surface area contributed by atoms with Crippen LogP contribution in [0.25, 0.3) is 11.4 Å². The molecule has 0 amide bonds. The van der Waals surface area contributed by atoms with Gasteiger partial charge in [-0.25, -0.2) is 9.78 Å². The number of esters is 1. The lowest BCUT2D eigenvalue weighted by Crippen LogP contribution is -2.46. The highest BCUT2D eigenvalue weighted by Gasteiger charge is 2.38. The van der Waals surface area contributed by atoms with Crippen LogP contribution in [-0.4, -0.2) is 91.3 Å². The van der Waals surface area contributed by atoms with Gasteiger partial charge in [-0.15, -0.1) is 0 Å². The molecule has 3 N–H and O–H groups in total. The van der Waals surface area contributed by atoms with Crippen LogP contribution in [0.3, 0.4) is 0 Å². The average molecular weight is 672 g/mol. The lowest BCUT2D eigenvalue weighted by Gasteiger charge is -2.40. The minimum absolute atomic E-state index is 0.0115. The van der Waals surface area contributed by atoms with E-state index in [0.29, 0.717) is 38.8 Å². The number of hydrogen-bond acceptors (Lipinski definition) is 11. The molecule has 1 aliphatic rings. The molecule has 0 bridgehead atoms. The summed E-state index contributed by atoms with van der Waals surface area (Å²) in [6.07, 6.45) is 9.06. The summed E-state index contributed by atoms with van der Waals surface area (Å²) in [5.41, 5.74) is 3.80. The second kappa shape index (κ2) is 18.9. The number of rotatable bonds is 20. The summed E-state index contributed by atoms with van der Waals surface area (Å²) >= 11 is 0. The number of unbranched alkanes of at least 4 members (excludes halogenated alkanes) is 2. The Morgan fingerprint density at radius 3 is 2.49 bits per heavy atom. The van der Waals surface area contributed by atoms with Crippen LogP contribution in [0.4, 0.5) is 11.4 Å². The molecule has 1 saturated heterocycles. The van der Waals surface area contributed by atoms with Crippen molar-refractivity contribution in [2.45, 2.75) is 50.6 Å². The number of benzene rings is 2. The fourth-order valence-electron chi connectivity index (χ4n) is 5.71. The smallest absolute Gasteiger partial charge is 0.331 e. The number of pyridine rings is 1. The van der Waals surface area contributed by atoms with Crippen molar-refractivity contribution < 1.29 is 23.7 Å². The van der Waals surface area contributed by atoms with E-state index in [1.165, 1.54) is 7.11 Å². The first-order valence-corrected chi connectivity index (χ1v) is 17.1. The summed E-state index contributed by atoms with van der Waals surface area (Å²) in [5, 5.41) is 15.2. The lowest BCUT2D eigenvalue weighted by atomic mass is 9.86. The van der Waals surface area contributed by atoms with Crippen molar-refractivity contribution in [3.8, 4) is 17.1 Å². The van der Waals surface area contributed by atoms with E-state index in [0.717, 1.165) is 85.7 Å². The zero-order valence-electron chi connectivity index (χ0n) is 28.7. The number of nitrogens with zero attached hydrogens (tertiary/aromatic N) is 4. The Morgan fingerprint density at radius 2 is 1.65 bits per heavy atom. The van der Waals surface area contributed by atoms with Crippen LogP contribution in [0.1, 0.15) is 49.9 Å². The molecule has 0 saturated carbocycles. The van der Waals surface area contributed by atoms with Gasteiger partial charge in [0.05, 0.1) is 19.3 Å². The van der Waals surface area contributed by atoms with Crippen LogP contribution < -0.4 is 15.4 Å². The van der Waals surface area contributed by atoms with Crippen molar-refractivity contribution >= 4 is 17.3 Å². The van der Waals surface area contributed by atoms with Crippen LogP contribution in [0.15, 0.2) is 73.1 Å². The SMILES string of the molecule is COC(=O)COCCCOCCCCCOc1cccc(CNc2cccc(NC3(c4nc(-c5ccncc5)n[nH]4)CCN(C)CC3)c2)c1. The Morgan fingerprint density at radius 1 is 0.898 bits per heavy atom. The third kappa shape index (κ3) is 11.3. The molecule has 0 aliphatic carbocycles. The molecule has 2 aromatic carbocycles. The van der Waals surface area contributed by atoms with E-state index >= 15 is 0 Å². The molecule has 0 unspecified atom stereocenters. The Bertz CT molecular complexity index is 1560. The second-order valence-corrected chi connectivity index (χ2v) is 12.3. The van der Waals surface area contributed by atoms with Crippen LogP contribution in [0.2, 0.25) is 0 Å². The van der Waals surface area contributed by atoms with Gasteiger partial charge in [-0.05, 0) is 93.6 Å². The van der Waals surface area contributed by atoms with Gasteiger partial charge in [0, 0.05) is 68.8 Å². The standard InChI is InChI=1S/C37H49N7O5/c1-44-19-15-37(16-20-44,36-40-35(42-43-36)30-13-17-38-18-14-30)41-32-11-7-10-31(26-32)39-27-29-9-6-12-33(25-29)49-24-5-3-4-21-47-22-8-23-48-28-34(45)46-2/h6-7,9-14,17-18,25-26,39,41H,3-5,8,15-16,19-24,27-28H2,1-2H3,(H,40,42,43). The number of aromatic nitrogens is 4. The van der Waals surface area contributed by atoms with E-state index in [4.69, 9.17) is 19.2 Å². The molecule has 49 heavy (non-hydrogen) atoms. The van der Waals surface area contributed by atoms with Gasteiger partial charge >= 0.3 is 5.97 Å². The van der Waals surface area contributed by atoms with Crippen LogP contribution in [0, 0.1) is 0 Å². The molecular formula is C37H49N7O5. The van der Waals surface area contributed by atoms with Gasteiger partial charge in [0.1, 0.15) is 12.4 Å². The molecule has 12 heteroatoms. The number of anilines is 2. The van der Waals surface area contributed by atoms with E-state index in [1.54, 1.807) is 12.4 Å². The molecular weight excluding hydrogens is 622 g/mol. The molecule has 4 aromatic rings. The number of methoxy groups -OCH3 is 1. The Kier molecular flexibility index (Phi) is 13.8. The fraction of sp³-hybridized carbons (Fsp3) is 0.459. The van der Waals surface area contributed by atoms with Crippen molar-refractivity contribution in [2.75, 3.05) is 70.9 Å². The number of piperidine rings is 1. The number of aromatic amines is 1. The maximum Gasteiger partial charge on any atom is 0.331 e. The molecule has 0 radical (unpaired) electrons. The maximum absolute atomic E-state index is 11.0. The first-order valence-electron chi connectivity index (χ1n) is 17.1. The maximum atomic E-state index is 11.0. The molecule has 12 nitrogen and oxygen atoms in total. The number of ether oxygens (including phenoxy) is 4. The predicted octanol–water partition coefficient (Wildman–Crippen LogP) is 5.66. The normalized spacial score (nSPS) is 14.3. The van der Waals surface area contributed by atoms with Crippen molar-refractivity contribution in [2.24, 2.45) is 0 Å². The van der Waals surface area contributed by atoms with E-state index in [-0.39, 0.29) is 18.1 Å². The zero-order chi connectivity index (χ0) is 34.2. The summed E-state index contributed by atoms with van der Waals surface area (Å²) in [6, 6.07) is 20.5. The minimum Gasteiger partial charge on any atom is -0.494 e. The summed E-state index contributed by atoms with van der Waals surface area (Å²) in [4.78, 5) is 22.4.